The average molecular weight is 309 g/mol. The number of hydrogen-bond acceptors (Lipinski definition) is 1. The lowest BCUT2D eigenvalue weighted by molar-refractivity contribution is -0.917. The predicted octanol–water partition coefficient (Wildman–Crippen LogP) is 1.72. The van der Waals surface area contributed by atoms with Crippen molar-refractivity contribution in [2.24, 2.45) is 11.8 Å². The lowest BCUT2D eigenvalue weighted by Gasteiger charge is -2.32. The highest BCUT2D eigenvalue weighted by atomic mass is 16.2. The zero-order valence-corrected chi connectivity index (χ0v) is 13.8. The van der Waals surface area contributed by atoms with Gasteiger partial charge in [-0.2, -0.15) is 0 Å². The number of carbonyl (C=O) groups is 1. The van der Waals surface area contributed by atoms with E-state index in [0.29, 0.717) is 17.7 Å². The molecule has 1 heterocycles. The Morgan fingerprint density at radius 3 is 2.57 bits per heavy atom. The van der Waals surface area contributed by atoms with Crippen LogP contribution >= 0.6 is 0 Å². The van der Waals surface area contributed by atoms with Gasteiger partial charge in [0, 0.05) is 11.5 Å². The van der Waals surface area contributed by atoms with Crippen molar-refractivity contribution < 1.29 is 9.69 Å². The van der Waals surface area contributed by atoms with Gasteiger partial charge in [-0.25, -0.2) is 0 Å². The zero-order chi connectivity index (χ0) is 15.8. The number of amides is 1. The van der Waals surface area contributed by atoms with Crippen molar-refractivity contribution in [3.8, 4) is 0 Å². The Morgan fingerprint density at radius 1 is 1.13 bits per heavy atom. The lowest BCUT2D eigenvalue weighted by Crippen LogP contribution is -3.13. The van der Waals surface area contributed by atoms with E-state index in [4.69, 9.17) is 0 Å². The summed E-state index contributed by atoms with van der Waals surface area (Å²) in [6.45, 7) is 7.21. The molecule has 0 spiro atoms. The molecule has 2 atom stereocenters. The number of nitrogens with zero attached hydrogens (tertiary/aromatic N) is 1. The molecule has 0 unspecified atom stereocenters. The number of piperazine rings is 1. The third-order valence-electron chi connectivity index (χ3n) is 5.53. The summed E-state index contributed by atoms with van der Waals surface area (Å²) in [5.74, 6) is 1.35. The van der Waals surface area contributed by atoms with E-state index in [1.54, 1.807) is 4.90 Å². The van der Waals surface area contributed by atoms with Gasteiger partial charge in [0.05, 0.1) is 26.2 Å². The van der Waals surface area contributed by atoms with Gasteiger partial charge in [0.15, 0.2) is 0 Å². The van der Waals surface area contributed by atoms with Gasteiger partial charge in [-0.1, -0.05) is 49.4 Å². The molecule has 23 heavy (non-hydrogen) atoms. The topological polar surface area (TPSA) is 24.8 Å². The fraction of sp³-hybridized carbons (Fsp3) is 0.450. The largest absolute Gasteiger partial charge is 0.331 e. The second-order valence-corrected chi connectivity index (χ2v) is 7.21. The van der Waals surface area contributed by atoms with Crippen LogP contribution in [0.3, 0.4) is 0 Å². The Hall–Kier alpha value is -1.87. The van der Waals surface area contributed by atoms with E-state index in [1.165, 1.54) is 16.3 Å². The fourth-order valence-corrected chi connectivity index (χ4v) is 3.84. The van der Waals surface area contributed by atoms with Crippen LogP contribution in [0.15, 0.2) is 42.5 Å². The molecule has 2 aromatic carbocycles. The van der Waals surface area contributed by atoms with Gasteiger partial charge in [0.2, 0.25) is 5.91 Å². The van der Waals surface area contributed by atoms with Gasteiger partial charge in [-0.15, -0.1) is 0 Å². The second-order valence-electron chi connectivity index (χ2n) is 7.21. The molecule has 0 bridgehead atoms. The monoisotopic (exact) mass is 309 g/mol. The minimum absolute atomic E-state index is 0.328. The van der Waals surface area contributed by atoms with Crippen molar-refractivity contribution in [2.45, 2.75) is 19.9 Å². The summed E-state index contributed by atoms with van der Waals surface area (Å²) in [6.07, 6.45) is 1.10. The molecule has 1 N–H and O–H groups in total. The van der Waals surface area contributed by atoms with Crippen LogP contribution < -0.4 is 4.90 Å². The van der Waals surface area contributed by atoms with Crippen LogP contribution in [0.25, 0.3) is 10.8 Å². The van der Waals surface area contributed by atoms with Gasteiger partial charge < -0.3 is 9.80 Å². The quantitative estimate of drug-likeness (QED) is 0.917. The van der Waals surface area contributed by atoms with E-state index in [-0.39, 0.29) is 0 Å². The van der Waals surface area contributed by atoms with Crippen LogP contribution in [0.2, 0.25) is 0 Å². The van der Waals surface area contributed by atoms with Crippen molar-refractivity contribution in [3.05, 3.63) is 48.0 Å². The number of quaternary nitrogens is 1. The molecule has 3 heteroatoms. The van der Waals surface area contributed by atoms with Gasteiger partial charge in [-0.05, 0) is 23.1 Å². The SMILES string of the molecule is C[C@H]1C[C@H]1C(=O)N1CC[NH+](Cc2cccc3ccccc23)CC1. The molecule has 0 radical (unpaired) electrons. The van der Waals surface area contributed by atoms with E-state index in [1.807, 2.05) is 0 Å². The zero-order valence-electron chi connectivity index (χ0n) is 13.8. The molecule has 1 aliphatic carbocycles. The summed E-state index contributed by atoms with van der Waals surface area (Å²) in [5.41, 5.74) is 1.42. The number of benzene rings is 2. The van der Waals surface area contributed by atoms with E-state index in [0.717, 1.165) is 39.1 Å². The molecule has 1 saturated heterocycles. The van der Waals surface area contributed by atoms with Crippen molar-refractivity contribution in [1.82, 2.24) is 4.90 Å². The van der Waals surface area contributed by atoms with Crippen LogP contribution in [-0.4, -0.2) is 37.0 Å². The summed E-state index contributed by atoms with van der Waals surface area (Å²) in [4.78, 5) is 16.0. The van der Waals surface area contributed by atoms with Crippen molar-refractivity contribution in [2.75, 3.05) is 26.2 Å². The first kappa shape index (κ1) is 14.7. The standard InChI is InChI=1S/C20H24N2O/c1-15-13-19(15)20(23)22-11-9-21(10-12-22)14-17-7-4-6-16-5-2-3-8-18(16)17/h2-8,15,19H,9-14H2,1H3/p+1/t15-,19+/m0/s1. The smallest absolute Gasteiger partial charge is 0.226 e. The molecule has 2 fully saturated rings. The normalized spacial score (nSPS) is 24.8. The molecular weight excluding hydrogens is 284 g/mol. The van der Waals surface area contributed by atoms with Gasteiger partial charge in [0.25, 0.3) is 0 Å². The Balaban J connectivity index is 1.40. The highest BCUT2D eigenvalue weighted by Crippen LogP contribution is 2.39. The summed E-state index contributed by atoms with van der Waals surface area (Å²) in [6, 6.07) is 15.2. The maximum Gasteiger partial charge on any atom is 0.226 e. The molecule has 0 aromatic heterocycles. The van der Waals surface area contributed by atoms with Crippen molar-refractivity contribution >= 4 is 16.7 Å². The van der Waals surface area contributed by atoms with Crippen LogP contribution in [0.1, 0.15) is 18.9 Å². The highest BCUT2D eigenvalue weighted by Gasteiger charge is 2.42. The molecule has 2 aromatic rings. The Labute approximate surface area is 137 Å². The van der Waals surface area contributed by atoms with Gasteiger partial charge in [0.1, 0.15) is 6.54 Å². The van der Waals surface area contributed by atoms with Gasteiger partial charge >= 0.3 is 0 Å². The molecule has 2 aliphatic rings. The molecule has 3 nitrogen and oxygen atoms in total. The third-order valence-corrected chi connectivity index (χ3v) is 5.53. The van der Waals surface area contributed by atoms with Crippen LogP contribution in [-0.2, 0) is 11.3 Å². The molecule has 1 aliphatic heterocycles. The lowest BCUT2D eigenvalue weighted by atomic mass is 10.0. The molecule has 1 amide bonds. The van der Waals surface area contributed by atoms with Crippen LogP contribution in [0, 0.1) is 11.8 Å². The van der Waals surface area contributed by atoms with Crippen molar-refractivity contribution in [3.63, 3.8) is 0 Å². The van der Waals surface area contributed by atoms with E-state index < -0.39 is 0 Å². The van der Waals surface area contributed by atoms with E-state index in [2.05, 4.69) is 54.3 Å². The first-order valence-electron chi connectivity index (χ1n) is 8.81. The van der Waals surface area contributed by atoms with Crippen LogP contribution in [0.4, 0.5) is 0 Å². The predicted molar refractivity (Wildman–Crippen MR) is 92.2 cm³/mol. The first-order chi connectivity index (χ1) is 11.2. The number of fused-ring (bicyclic) bond motifs is 1. The molecule has 120 valence electrons. The summed E-state index contributed by atoms with van der Waals surface area (Å²) in [5, 5.41) is 2.69. The maximum absolute atomic E-state index is 12.3. The average Bonchev–Trinajstić information content (AvgIpc) is 3.32. The summed E-state index contributed by atoms with van der Waals surface area (Å²) < 4.78 is 0. The number of carbonyl (C=O) groups excluding carboxylic acids is 1. The van der Waals surface area contributed by atoms with Gasteiger partial charge in [-0.3, -0.25) is 4.79 Å². The Kier molecular flexibility index (Phi) is 3.82. The minimum atomic E-state index is 0.328. The Bertz CT molecular complexity index is 713. The summed E-state index contributed by atoms with van der Waals surface area (Å²) in [7, 11) is 0. The highest BCUT2D eigenvalue weighted by molar-refractivity contribution is 5.85. The van der Waals surface area contributed by atoms with E-state index in [9.17, 15) is 4.79 Å². The fourth-order valence-electron chi connectivity index (χ4n) is 3.84. The number of hydrogen-bond donors (Lipinski definition) is 1. The van der Waals surface area contributed by atoms with Crippen molar-refractivity contribution in [1.29, 1.82) is 0 Å². The Morgan fingerprint density at radius 2 is 1.83 bits per heavy atom. The third kappa shape index (κ3) is 2.98. The molecule has 1 saturated carbocycles. The number of nitrogens with one attached hydrogen (secondary N) is 1. The minimum Gasteiger partial charge on any atom is -0.331 e. The molecular formula is C20H25N2O+. The van der Waals surface area contributed by atoms with Crippen LogP contribution in [0.5, 0.6) is 0 Å². The molecule has 4 rings (SSSR count). The second kappa shape index (κ2) is 5.97. The van der Waals surface area contributed by atoms with E-state index >= 15 is 0 Å². The maximum atomic E-state index is 12.3. The summed E-state index contributed by atoms with van der Waals surface area (Å²) >= 11 is 0. The first-order valence-corrected chi connectivity index (χ1v) is 8.81. The number of rotatable bonds is 3.